The second kappa shape index (κ2) is 8.77. The Labute approximate surface area is 160 Å². The van der Waals surface area contributed by atoms with Gasteiger partial charge < -0.3 is 20.7 Å². The van der Waals surface area contributed by atoms with Crippen molar-refractivity contribution in [1.29, 1.82) is 0 Å². The van der Waals surface area contributed by atoms with Crippen LogP contribution in [0.2, 0.25) is 0 Å². The van der Waals surface area contributed by atoms with E-state index >= 15 is 0 Å². The number of carbonyl (C=O) groups excluding carboxylic acids is 1. The van der Waals surface area contributed by atoms with E-state index in [-0.39, 0.29) is 0 Å². The van der Waals surface area contributed by atoms with Crippen LogP contribution in [0, 0.1) is 0 Å². The fourth-order valence-electron chi connectivity index (χ4n) is 3.45. The maximum atomic E-state index is 11.7. The lowest BCUT2D eigenvalue weighted by atomic mass is 10.1. The Kier molecular flexibility index (Phi) is 6.19. The van der Waals surface area contributed by atoms with Gasteiger partial charge in [-0.2, -0.15) is 0 Å². The molecule has 1 fully saturated rings. The molecule has 0 aliphatic carbocycles. The van der Waals surface area contributed by atoms with E-state index < -0.39 is 5.91 Å². The van der Waals surface area contributed by atoms with Crippen molar-refractivity contribution in [2.24, 2.45) is 5.73 Å². The number of nitrogens with zero attached hydrogens (tertiary/aromatic N) is 2. The van der Waals surface area contributed by atoms with Gasteiger partial charge in [0.15, 0.2) is 0 Å². The molecule has 1 saturated heterocycles. The van der Waals surface area contributed by atoms with Crippen LogP contribution in [0.1, 0.15) is 17.3 Å². The number of piperazine rings is 1. The van der Waals surface area contributed by atoms with Gasteiger partial charge in [0, 0.05) is 50.1 Å². The molecule has 0 radical (unpaired) electrons. The largest absolute Gasteiger partial charge is 0.497 e. The van der Waals surface area contributed by atoms with E-state index in [4.69, 9.17) is 10.5 Å². The zero-order valence-electron chi connectivity index (χ0n) is 16.0. The molecule has 1 heterocycles. The van der Waals surface area contributed by atoms with Gasteiger partial charge in [0.2, 0.25) is 0 Å². The molecule has 6 heteroatoms. The zero-order chi connectivity index (χ0) is 19.2. The Bertz CT molecular complexity index is 758. The molecule has 0 bridgehead atoms. The fraction of sp³-hybridized carbons (Fsp3) is 0.381. The number of carbonyl (C=O) groups is 1. The minimum atomic E-state index is -0.458. The van der Waals surface area contributed by atoms with Gasteiger partial charge in [-0.05, 0) is 37.3 Å². The number of rotatable bonds is 7. The van der Waals surface area contributed by atoms with Crippen LogP contribution in [0.5, 0.6) is 5.75 Å². The lowest BCUT2D eigenvalue weighted by molar-refractivity contribution is 0.100. The average Bonchev–Trinajstić information content (AvgIpc) is 2.72. The molecule has 0 spiro atoms. The number of nitrogens with one attached hydrogen (secondary N) is 1. The van der Waals surface area contributed by atoms with Crippen molar-refractivity contribution >= 4 is 17.3 Å². The highest BCUT2D eigenvalue weighted by atomic mass is 16.5. The van der Waals surface area contributed by atoms with Gasteiger partial charge in [0.05, 0.1) is 12.7 Å². The van der Waals surface area contributed by atoms with Crippen LogP contribution in [0.25, 0.3) is 0 Å². The SMILES string of the molecule is COc1ccc(NCC(C)N2CCN(c3ccccc3)CC2)c(C(N)=O)c1. The van der Waals surface area contributed by atoms with Gasteiger partial charge in [0.25, 0.3) is 5.91 Å². The summed E-state index contributed by atoms with van der Waals surface area (Å²) in [6.07, 6.45) is 0. The first-order valence-electron chi connectivity index (χ1n) is 9.34. The smallest absolute Gasteiger partial charge is 0.250 e. The molecule has 27 heavy (non-hydrogen) atoms. The van der Waals surface area contributed by atoms with E-state index in [9.17, 15) is 4.79 Å². The van der Waals surface area contributed by atoms with Gasteiger partial charge in [-0.3, -0.25) is 9.69 Å². The van der Waals surface area contributed by atoms with Crippen molar-refractivity contribution in [2.75, 3.05) is 50.1 Å². The molecule has 0 aromatic heterocycles. The van der Waals surface area contributed by atoms with Gasteiger partial charge in [-0.15, -0.1) is 0 Å². The summed E-state index contributed by atoms with van der Waals surface area (Å²) in [5.41, 5.74) is 7.99. The predicted molar refractivity (Wildman–Crippen MR) is 110 cm³/mol. The summed E-state index contributed by atoms with van der Waals surface area (Å²) in [5, 5.41) is 3.37. The van der Waals surface area contributed by atoms with E-state index in [0.29, 0.717) is 17.4 Å². The number of primary amides is 1. The van der Waals surface area contributed by atoms with Crippen molar-refractivity contribution in [1.82, 2.24) is 4.90 Å². The highest BCUT2D eigenvalue weighted by Gasteiger charge is 2.21. The highest BCUT2D eigenvalue weighted by Crippen LogP contribution is 2.22. The van der Waals surface area contributed by atoms with Crippen LogP contribution in [0.3, 0.4) is 0 Å². The summed E-state index contributed by atoms with van der Waals surface area (Å²) >= 11 is 0. The summed E-state index contributed by atoms with van der Waals surface area (Å²) in [5.74, 6) is 0.167. The summed E-state index contributed by atoms with van der Waals surface area (Å²) in [6, 6.07) is 16.2. The van der Waals surface area contributed by atoms with Crippen molar-refractivity contribution in [3.63, 3.8) is 0 Å². The Morgan fingerprint density at radius 1 is 1.15 bits per heavy atom. The first-order valence-corrected chi connectivity index (χ1v) is 9.34. The molecule has 0 saturated carbocycles. The number of nitrogens with two attached hydrogens (primary N) is 1. The fourth-order valence-corrected chi connectivity index (χ4v) is 3.45. The molecule has 1 atom stereocenters. The van der Waals surface area contributed by atoms with Gasteiger partial charge in [-0.25, -0.2) is 0 Å². The third-order valence-electron chi connectivity index (χ3n) is 5.14. The second-order valence-electron chi connectivity index (χ2n) is 6.86. The monoisotopic (exact) mass is 368 g/mol. The standard InChI is InChI=1S/C21H28N4O2/c1-16(15-23-20-9-8-18(27-2)14-19(20)21(22)26)24-10-12-25(13-11-24)17-6-4-3-5-7-17/h3-9,14,16,23H,10-13,15H2,1-2H3,(H2,22,26). The van der Waals surface area contributed by atoms with Crippen molar-refractivity contribution in [2.45, 2.75) is 13.0 Å². The molecule has 3 N–H and O–H groups in total. The number of methoxy groups -OCH3 is 1. The average molecular weight is 368 g/mol. The Balaban J connectivity index is 1.55. The molecule has 2 aromatic rings. The van der Waals surface area contributed by atoms with Gasteiger partial charge >= 0.3 is 0 Å². The van der Waals surface area contributed by atoms with E-state index in [2.05, 4.69) is 46.3 Å². The van der Waals surface area contributed by atoms with Gasteiger partial charge in [-0.1, -0.05) is 18.2 Å². The third-order valence-corrected chi connectivity index (χ3v) is 5.14. The number of hydrogen-bond donors (Lipinski definition) is 2. The van der Waals surface area contributed by atoms with E-state index in [1.54, 1.807) is 13.2 Å². The molecule has 1 aliphatic heterocycles. The number of amides is 1. The van der Waals surface area contributed by atoms with Crippen LogP contribution in [-0.2, 0) is 0 Å². The van der Waals surface area contributed by atoms with E-state index in [1.807, 2.05) is 18.2 Å². The van der Waals surface area contributed by atoms with E-state index in [1.165, 1.54) is 5.69 Å². The molecule has 144 valence electrons. The number of para-hydroxylation sites is 1. The predicted octanol–water partition coefficient (Wildman–Crippen LogP) is 2.42. The molecule has 1 aliphatic rings. The van der Waals surface area contributed by atoms with Crippen LogP contribution in [0.4, 0.5) is 11.4 Å². The van der Waals surface area contributed by atoms with Gasteiger partial charge in [0.1, 0.15) is 5.75 Å². The quantitative estimate of drug-likeness (QED) is 0.785. The lowest BCUT2D eigenvalue weighted by Crippen LogP contribution is -2.51. The van der Waals surface area contributed by atoms with Crippen molar-refractivity contribution in [3.05, 3.63) is 54.1 Å². The topological polar surface area (TPSA) is 70.8 Å². The molecular weight excluding hydrogens is 340 g/mol. The summed E-state index contributed by atoms with van der Waals surface area (Å²) in [7, 11) is 1.57. The van der Waals surface area contributed by atoms with E-state index in [0.717, 1.165) is 38.4 Å². The second-order valence-corrected chi connectivity index (χ2v) is 6.86. The van der Waals surface area contributed by atoms with Crippen LogP contribution >= 0.6 is 0 Å². The summed E-state index contributed by atoms with van der Waals surface area (Å²) in [6.45, 7) is 7.02. The lowest BCUT2D eigenvalue weighted by Gasteiger charge is -2.39. The van der Waals surface area contributed by atoms with Crippen LogP contribution < -0.4 is 20.7 Å². The highest BCUT2D eigenvalue weighted by molar-refractivity contribution is 5.98. The normalized spacial score (nSPS) is 16.0. The van der Waals surface area contributed by atoms with Crippen molar-refractivity contribution < 1.29 is 9.53 Å². The first kappa shape index (κ1) is 19.0. The Morgan fingerprint density at radius 3 is 2.48 bits per heavy atom. The molecule has 1 unspecified atom stereocenters. The van der Waals surface area contributed by atoms with Crippen LogP contribution in [-0.4, -0.2) is 56.7 Å². The minimum Gasteiger partial charge on any atom is -0.497 e. The number of anilines is 2. The molecule has 2 aromatic carbocycles. The first-order chi connectivity index (χ1) is 13.1. The van der Waals surface area contributed by atoms with Crippen molar-refractivity contribution in [3.8, 4) is 5.75 Å². The molecule has 3 rings (SSSR count). The summed E-state index contributed by atoms with van der Waals surface area (Å²) < 4.78 is 5.18. The maximum Gasteiger partial charge on any atom is 0.250 e. The zero-order valence-corrected chi connectivity index (χ0v) is 16.0. The molecular formula is C21H28N4O2. The third kappa shape index (κ3) is 4.71. The number of hydrogen-bond acceptors (Lipinski definition) is 5. The minimum absolute atomic E-state index is 0.353. The summed E-state index contributed by atoms with van der Waals surface area (Å²) in [4.78, 5) is 16.6. The maximum absolute atomic E-state index is 11.7. The number of benzene rings is 2. The number of ether oxygens (including phenoxy) is 1. The molecule has 6 nitrogen and oxygen atoms in total. The molecule has 1 amide bonds. The Morgan fingerprint density at radius 2 is 1.85 bits per heavy atom. The Hall–Kier alpha value is -2.73. The van der Waals surface area contributed by atoms with Crippen LogP contribution in [0.15, 0.2) is 48.5 Å².